The van der Waals surface area contributed by atoms with Crippen LogP contribution < -0.4 is 16.4 Å². The normalized spacial score (nSPS) is 14.7. The summed E-state index contributed by atoms with van der Waals surface area (Å²) in [7, 11) is 0. The number of aliphatic hydroxyl groups is 1. The first-order chi connectivity index (χ1) is 17.8. The van der Waals surface area contributed by atoms with Gasteiger partial charge in [-0.3, -0.25) is 14.9 Å². The molecule has 0 fully saturated rings. The van der Waals surface area contributed by atoms with E-state index >= 15 is 0 Å². The smallest absolute Gasteiger partial charge is 0.408 e. The summed E-state index contributed by atoms with van der Waals surface area (Å²) in [6, 6.07) is 17.5. The fourth-order valence-electron chi connectivity index (χ4n) is 4.13. The second-order valence-electron chi connectivity index (χ2n) is 11.2. The summed E-state index contributed by atoms with van der Waals surface area (Å²) in [5, 5.41) is 16.0. The lowest BCUT2D eigenvalue weighted by atomic mass is 9.89. The maximum Gasteiger partial charge on any atom is 0.408 e. The number of nitrogens with two attached hydrogens (primary N) is 1. The molecule has 0 heterocycles. The standard InChI is InChI=1S/C30H43N3O5/c1-20(2)16-25(32-29(37)38-30(3,4)5)28(36)33-27(35)23(17-21-12-8-6-9-13-21)19-26(34)24(31)18-22-14-10-7-11-15-22/h6-15,20,23-26,34H,16-19,31H2,1-5H3,(H,32,37)(H,33,35,36)/t23-,24+,25?,26+/m1/s1. The van der Waals surface area contributed by atoms with E-state index in [2.05, 4.69) is 10.6 Å². The summed E-state index contributed by atoms with van der Waals surface area (Å²) in [5.74, 6) is -1.77. The van der Waals surface area contributed by atoms with Crippen molar-refractivity contribution in [1.82, 2.24) is 10.6 Å². The van der Waals surface area contributed by atoms with E-state index in [-0.39, 0.29) is 12.3 Å². The maximum absolute atomic E-state index is 13.4. The van der Waals surface area contributed by atoms with E-state index < -0.39 is 47.6 Å². The number of aliphatic hydroxyl groups excluding tert-OH is 1. The summed E-state index contributed by atoms with van der Waals surface area (Å²) in [5.41, 5.74) is 7.45. The Bertz CT molecular complexity index is 1020. The van der Waals surface area contributed by atoms with Crippen molar-refractivity contribution >= 4 is 17.9 Å². The van der Waals surface area contributed by atoms with Crippen LogP contribution in [0.4, 0.5) is 4.79 Å². The van der Waals surface area contributed by atoms with Crippen molar-refractivity contribution in [3.8, 4) is 0 Å². The number of ether oxygens (including phenoxy) is 1. The van der Waals surface area contributed by atoms with Gasteiger partial charge in [-0.15, -0.1) is 0 Å². The van der Waals surface area contributed by atoms with Gasteiger partial charge >= 0.3 is 6.09 Å². The van der Waals surface area contributed by atoms with E-state index in [0.29, 0.717) is 19.3 Å². The van der Waals surface area contributed by atoms with Crippen LogP contribution in [-0.4, -0.2) is 46.8 Å². The minimum Gasteiger partial charge on any atom is -0.444 e. The molecule has 8 heteroatoms. The van der Waals surface area contributed by atoms with Crippen LogP contribution in [0.3, 0.4) is 0 Å². The highest BCUT2D eigenvalue weighted by atomic mass is 16.6. The highest BCUT2D eigenvalue weighted by molar-refractivity contribution is 5.99. The Balaban J connectivity index is 2.14. The zero-order valence-corrected chi connectivity index (χ0v) is 23.1. The van der Waals surface area contributed by atoms with Crippen LogP contribution in [-0.2, 0) is 27.2 Å². The number of nitrogens with one attached hydrogen (secondary N) is 2. The summed E-state index contributed by atoms with van der Waals surface area (Å²) in [4.78, 5) is 38.8. The molecule has 0 radical (unpaired) electrons. The van der Waals surface area contributed by atoms with Crippen LogP contribution in [0.15, 0.2) is 60.7 Å². The van der Waals surface area contributed by atoms with Crippen molar-refractivity contribution in [2.75, 3.05) is 0 Å². The molecule has 0 aliphatic rings. The SMILES string of the molecule is CC(C)CC(NC(=O)OC(C)(C)C)C(=O)NC(=O)[C@H](Cc1ccccc1)C[C@H](O)[C@@H](N)Cc1ccccc1. The number of carbonyl (C=O) groups excluding carboxylic acids is 3. The number of benzene rings is 2. The van der Waals surface area contributed by atoms with E-state index in [0.717, 1.165) is 11.1 Å². The highest BCUT2D eigenvalue weighted by Crippen LogP contribution is 2.18. The molecule has 0 saturated carbocycles. The van der Waals surface area contributed by atoms with Crippen LogP contribution in [0.25, 0.3) is 0 Å². The van der Waals surface area contributed by atoms with Gasteiger partial charge in [-0.05, 0) is 63.5 Å². The molecule has 38 heavy (non-hydrogen) atoms. The van der Waals surface area contributed by atoms with Gasteiger partial charge in [0.1, 0.15) is 11.6 Å². The van der Waals surface area contributed by atoms with Gasteiger partial charge in [-0.2, -0.15) is 0 Å². The van der Waals surface area contributed by atoms with Crippen LogP contribution >= 0.6 is 0 Å². The molecule has 3 amide bonds. The van der Waals surface area contributed by atoms with Gasteiger partial charge in [0.2, 0.25) is 11.8 Å². The number of rotatable bonds is 12. The molecule has 0 saturated heterocycles. The Morgan fingerprint density at radius 3 is 1.89 bits per heavy atom. The molecule has 2 aromatic rings. The molecule has 0 bridgehead atoms. The molecule has 4 atom stereocenters. The molecule has 0 aliphatic carbocycles. The fraction of sp³-hybridized carbons (Fsp3) is 0.500. The molecule has 0 spiro atoms. The third kappa shape index (κ3) is 11.4. The van der Waals surface area contributed by atoms with Gasteiger partial charge in [0.25, 0.3) is 0 Å². The maximum atomic E-state index is 13.4. The Labute approximate surface area is 226 Å². The second kappa shape index (κ2) is 14.6. The molecule has 208 valence electrons. The van der Waals surface area contributed by atoms with Crippen LogP contribution in [0.5, 0.6) is 0 Å². The van der Waals surface area contributed by atoms with Gasteiger partial charge in [0.05, 0.1) is 6.10 Å². The summed E-state index contributed by atoms with van der Waals surface area (Å²) < 4.78 is 5.30. The summed E-state index contributed by atoms with van der Waals surface area (Å²) in [6.45, 7) is 9.03. The monoisotopic (exact) mass is 525 g/mol. The molecular formula is C30H43N3O5. The van der Waals surface area contributed by atoms with Crippen LogP contribution in [0.1, 0.15) is 58.6 Å². The van der Waals surface area contributed by atoms with E-state index in [4.69, 9.17) is 10.5 Å². The lowest BCUT2D eigenvalue weighted by Gasteiger charge is -2.26. The molecule has 2 rings (SSSR count). The Morgan fingerprint density at radius 1 is 0.868 bits per heavy atom. The van der Waals surface area contributed by atoms with Crippen molar-refractivity contribution in [3.63, 3.8) is 0 Å². The van der Waals surface area contributed by atoms with E-state index in [1.165, 1.54) is 0 Å². The predicted octanol–water partition coefficient (Wildman–Crippen LogP) is 3.75. The first-order valence-corrected chi connectivity index (χ1v) is 13.2. The van der Waals surface area contributed by atoms with E-state index in [9.17, 15) is 19.5 Å². The van der Waals surface area contributed by atoms with Crippen molar-refractivity contribution < 1.29 is 24.2 Å². The van der Waals surface area contributed by atoms with Crippen molar-refractivity contribution in [3.05, 3.63) is 71.8 Å². The molecule has 5 N–H and O–H groups in total. The Morgan fingerprint density at radius 2 is 1.39 bits per heavy atom. The Kier molecular flexibility index (Phi) is 11.9. The molecule has 2 aromatic carbocycles. The molecule has 0 aliphatic heterocycles. The molecular weight excluding hydrogens is 482 g/mol. The lowest BCUT2D eigenvalue weighted by molar-refractivity contribution is -0.134. The Hall–Kier alpha value is -3.23. The third-order valence-electron chi connectivity index (χ3n) is 5.99. The average molecular weight is 526 g/mol. The lowest BCUT2D eigenvalue weighted by Crippen LogP contribution is -2.51. The third-order valence-corrected chi connectivity index (χ3v) is 5.99. The summed E-state index contributed by atoms with van der Waals surface area (Å²) in [6.07, 6.45) is -0.506. The van der Waals surface area contributed by atoms with E-state index in [1.807, 2.05) is 74.5 Å². The number of alkyl carbamates (subject to hydrolysis) is 1. The first-order valence-electron chi connectivity index (χ1n) is 13.2. The van der Waals surface area contributed by atoms with E-state index in [1.54, 1.807) is 20.8 Å². The van der Waals surface area contributed by atoms with Crippen LogP contribution in [0.2, 0.25) is 0 Å². The minimum atomic E-state index is -0.962. The van der Waals surface area contributed by atoms with Crippen molar-refractivity contribution in [2.45, 2.75) is 84.1 Å². The number of hydrogen-bond donors (Lipinski definition) is 4. The second-order valence-corrected chi connectivity index (χ2v) is 11.2. The van der Waals surface area contributed by atoms with Crippen molar-refractivity contribution in [2.24, 2.45) is 17.6 Å². The van der Waals surface area contributed by atoms with Gasteiger partial charge in [-0.25, -0.2) is 4.79 Å². The molecule has 1 unspecified atom stereocenters. The van der Waals surface area contributed by atoms with Gasteiger partial charge in [0.15, 0.2) is 0 Å². The number of carbonyl (C=O) groups is 3. The van der Waals surface area contributed by atoms with Crippen molar-refractivity contribution in [1.29, 1.82) is 0 Å². The zero-order valence-electron chi connectivity index (χ0n) is 23.1. The largest absolute Gasteiger partial charge is 0.444 e. The van der Waals surface area contributed by atoms with Gasteiger partial charge in [-0.1, -0.05) is 74.5 Å². The van der Waals surface area contributed by atoms with Gasteiger partial charge in [0, 0.05) is 12.0 Å². The topological polar surface area (TPSA) is 131 Å². The zero-order chi connectivity index (χ0) is 28.3. The first kappa shape index (κ1) is 31.0. The average Bonchev–Trinajstić information content (AvgIpc) is 2.82. The minimum absolute atomic E-state index is 0.0775. The number of hydrogen-bond acceptors (Lipinski definition) is 6. The number of imide groups is 1. The van der Waals surface area contributed by atoms with Crippen LogP contribution in [0, 0.1) is 11.8 Å². The highest BCUT2D eigenvalue weighted by Gasteiger charge is 2.31. The summed E-state index contributed by atoms with van der Waals surface area (Å²) >= 11 is 0. The number of amides is 3. The quantitative estimate of drug-likeness (QED) is 0.334. The fourth-order valence-corrected chi connectivity index (χ4v) is 4.13. The molecule has 0 aromatic heterocycles. The van der Waals surface area contributed by atoms with Gasteiger partial charge < -0.3 is 20.9 Å². The molecule has 8 nitrogen and oxygen atoms in total. The predicted molar refractivity (Wildman–Crippen MR) is 148 cm³/mol.